The quantitative estimate of drug-likeness (QED) is 0.873. The van der Waals surface area contributed by atoms with Gasteiger partial charge in [-0.1, -0.05) is 6.07 Å². The van der Waals surface area contributed by atoms with Crippen LogP contribution in [0.3, 0.4) is 0 Å². The van der Waals surface area contributed by atoms with Crippen LogP contribution in [0.1, 0.15) is 24.0 Å². The number of hydrogen-bond donors (Lipinski definition) is 2. The van der Waals surface area contributed by atoms with Crippen LogP contribution in [0, 0.1) is 11.7 Å². The molecular weight excluding hydrogens is 295 g/mol. The molecule has 0 bridgehead atoms. The Morgan fingerprint density at radius 2 is 2.14 bits per heavy atom. The van der Waals surface area contributed by atoms with Crippen LogP contribution in [0.5, 0.6) is 0 Å². The number of halogens is 2. The van der Waals surface area contributed by atoms with Gasteiger partial charge in [0.25, 0.3) is 0 Å². The largest absolute Gasteiger partial charge is 0.380 e. The number of piperidine rings is 1. The van der Waals surface area contributed by atoms with Gasteiger partial charge in [0, 0.05) is 25.1 Å². The highest BCUT2D eigenvalue weighted by molar-refractivity contribution is 5.85. The highest BCUT2D eigenvalue weighted by Crippen LogP contribution is 2.14. The van der Waals surface area contributed by atoms with E-state index in [1.165, 1.54) is 13.2 Å². The molecule has 0 spiro atoms. The van der Waals surface area contributed by atoms with Gasteiger partial charge in [-0.3, -0.25) is 4.79 Å². The third-order valence-electron chi connectivity index (χ3n) is 3.59. The van der Waals surface area contributed by atoms with Gasteiger partial charge < -0.3 is 15.4 Å². The molecule has 0 aliphatic carbocycles. The molecule has 1 aliphatic heterocycles. The van der Waals surface area contributed by atoms with Crippen molar-refractivity contribution in [2.75, 3.05) is 20.2 Å². The Morgan fingerprint density at radius 3 is 2.81 bits per heavy atom. The summed E-state index contributed by atoms with van der Waals surface area (Å²) in [6.07, 6.45) is 1.76. The summed E-state index contributed by atoms with van der Waals surface area (Å²) in [6, 6.07) is 4.85. The Kier molecular flexibility index (Phi) is 7.64. The van der Waals surface area contributed by atoms with Crippen LogP contribution in [-0.2, 0) is 22.7 Å². The third-order valence-corrected chi connectivity index (χ3v) is 3.59. The zero-order chi connectivity index (χ0) is 14.4. The lowest BCUT2D eigenvalue weighted by Gasteiger charge is -2.21. The standard InChI is InChI=1S/C15H21FN2O2.ClH/c1-20-10-13-8-11(2-3-14(13)16)9-18-15(19)12-4-6-17-7-5-12;/h2-3,8,12,17H,4-7,9-10H2,1H3,(H,18,19);1H. The molecule has 21 heavy (non-hydrogen) atoms. The Morgan fingerprint density at radius 1 is 1.43 bits per heavy atom. The van der Waals surface area contributed by atoms with Crippen LogP contribution in [-0.4, -0.2) is 26.1 Å². The van der Waals surface area contributed by atoms with E-state index < -0.39 is 0 Å². The van der Waals surface area contributed by atoms with Gasteiger partial charge in [-0.25, -0.2) is 4.39 Å². The molecule has 1 fully saturated rings. The summed E-state index contributed by atoms with van der Waals surface area (Å²) in [5.41, 5.74) is 1.40. The monoisotopic (exact) mass is 316 g/mol. The van der Waals surface area contributed by atoms with Crippen molar-refractivity contribution in [3.63, 3.8) is 0 Å². The van der Waals surface area contributed by atoms with Gasteiger partial charge in [0.15, 0.2) is 0 Å². The molecule has 0 aromatic heterocycles. The van der Waals surface area contributed by atoms with Crippen molar-refractivity contribution >= 4 is 18.3 Å². The first kappa shape index (κ1) is 17.9. The lowest BCUT2D eigenvalue weighted by Crippen LogP contribution is -2.37. The molecule has 2 rings (SSSR count). The van der Waals surface area contributed by atoms with Gasteiger partial charge in [-0.15, -0.1) is 12.4 Å². The van der Waals surface area contributed by atoms with Gasteiger partial charge >= 0.3 is 0 Å². The van der Waals surface area contributed by atoms with Crippen molar-refractivity contribution in [3.05, 3.63) is 35.1 Å². The lowest BCUT2D eigenvalue weighted by atomic mass is 9.97. The fraction of sp³-hybridized carbons (Fsp3) is 0.533. The molecule has 0 unspecified atom stereocenters. The van der Waals surface area contributed by atoms with E-state index in [2.05, 4.69) is 10.6 Å². The molecule has 1 aromatic carbocycles. The molecule has 6 heteroatoms. The van der Waals surface area contributed by atoms with E-state index in [0.717, 1.165) is 31.5 Å². The Labute approximate surface area is 130 Å². The molecule has 0 radical (unpaired) electrons. The Bertz CT molecular complexity index is 465. The number of ether oxygens (including phenoxy) is 1. The first-order valence-corrected chi connectivity index (χ1v) is 6.95. The van der Waals surface area contributed by atoms with Crippen molar-refractivity contribution in [1.29, 1.82) is 0 Å². The summed E-state index contributed by atoms with van der Waals surface area (Å²) in [5.74, 6) is -0.0976. The number of benzene rings is 1. The van der Waals surface area contributed by atoms with Crippen LogP contribution >= 0.6 is 12.4 Å². The minimum atomic E-state index is -0.278. The van der Waals surface area contributed by atoms with Crippen LogP contribution in [0.4, 0.5) is 4.39 Å². The lowest BCUT2D eigenvalue weighted by molar-refractivity contribution is -0.125. The fourth-order valence-electron chi connectivity index (χ4n) is 2.42. The topological polar surface area (TPSA) is 50.4 Å². The first-order valence-electron chi connectivity index (χ1n) is 6.95. The fourth-order valence-corrected chi connectivity index (χ4v) is 2.42. The predicted octanol–water partition coefficient (Wildman–Crippen LogP) is 2.01. The minimum Gasteiger partial charge on any atom is -0.380 e. The Balaban J connectivity index is 0.00000220. The van der Waals surface area contributed by atoms with E-state index in [9.17, 15) is 9.18 Å². The van der Waals surface area contributed by atoms with E-state index in [0.29, 0.717) is 12.1 Å². The summed E-state index contributed by atoms with van der Waals surface area (Å²) in [5, 5.41) is 6.16. The summed E-state index contributed by atoms with van der Waals surface area (Å²) < 4.78 is 18.4. The van der Waals surface area contributed by atoms with Crippen molar-refractivity contribution in [1.82, 2.24) is 10.6 Å². The van der Waals surface area contributed by atoms with Gasteiger partial charge in [0.05, 0.1) is 6.61 Å². The van der Waals surface area contributed by atoms with Gasteiger partial charge in [0.1, 0.15) is 5.82 Å². The normalized spacial score (nSPS) is 15.3. The second kappa shape index (κ2) is 8.97. The molecule has 1 saturated heterocycles. The van der Waals surface area contributed by atoms with Crippen LogP contribution in [0.25, 0.3) is 0 Å². The van der Waals surface area contributed by atoms with Crippen molar-refractivity contribution in [2.45, 2.75) is 26.0 Å². The SMILES string of the molecule is COCc1cc(CNC(=O)C2CCNCC2)ccc1F.Cl. The third kappa shape index (κ3) is 5.26. The van der Waals surface area contributed by atoms with Crippen molar-refractivity contribution in [2.24, 2.45) is 5.92 Å². The van der Waals surface area contributed by atoms with Crippen LogP contribution in [0.15, 0.2) is 18.2 Å². The van der Waals surface area contributed by atoms with E-state index in [1.54, 1.807) is 12.1 Å². The molecule has 2 N–H and O–H groups in total. The minimum absolute atomic E-state index is 0. The summed E-state index contributed by atoms with van der Waals surface area (Å²) >= 11 is 0. The molecule has 1 aromatic rings. The average Bonchev–Trinajstić information content (AvgIpc) is 2.49. The molecule has 1 aliphatic rings. The molecular formula is C15H22ClFN2O2. The number of methoxy groups -OCH3 is 1. The number of nitrogens with one attached hydrogen (secondary N) is 2. The molecule has 0 saturated carbocycles. The zero-order valence-electron chi connectivity index (χ0n) is 12.2. The molecule has 4 nitrogen and oxygen atoms in total. The Hall–Kier alpha value is -1.17. The van der Waals surface area contributed by atoms with Gasteiger partial charge in [0.2, 0.25) is 5.91 Å². The number of carbonyl (C=O) groups is 1. The molecule has 0 atom stereocenters. The second-order valence-electron chi connectivity index (χ2n) is 5.10. The van der Waals surface area contributed by atoms with Crippen LogP contribution < -0.4 is 10.6 Å². The molecule has 1 amide bonds. The van der Waals surface area contributed by atoms with E-state index >= 15 is 0 Å². The highest BCUT2D eigenvalue weighted by atomic mass is 35.5. The smallest absolute Gasteiger partial charge is 0.223 e. The van der Waals surface area contributed by atoms with Gasteiger partial charge in [-0.05, 0) is 43.6 Å². The maximum atomic E-state index is 13.5. The van der Waals surface area contributed by atoms with Crippen molar-refractivity contribution < 1.29 is 13.9 Å². The summed E-state index contributed by atoms with van der Waals surface area (Å²) in [4.78, 5) is 12.0. The maximum absolute atomic E-state index is 13.5. The highest BCUT2D eigenvalue weighted by Gasteiger charge is 2.20. The number of carbonyl (C=O) groups excluding carboxylic acids is 1. The maximum Gasteiger partial charge on any atom is 0.223 e. The van der Waals surface area contributed by atoms with Gasteiger partial charge in [-0.2, -0.15) is 0 Å². The van der Waals surface area contributed by atoms with Crippen molar-refractivity contribution in [3.8, 4) is 0 Å². The molecule has 1 heterocycles. The second-order valence-corrected chi connectivity index (χ2v) is 5.10. The van der Waals surface area contributed by atoms with E-state index in [4.69, 9.17) is 4.74 Å². The summed E-state index contributed by atoms with van der Waals surface area (Å²) in [7, 11) is 1.53. The predicted molar refractivity (Wildman–Crippen MR) is 81.8 cm³/mol. The zero-order valence-corrected chi connectivity index (χ0v) is 13.0. The average molecular weight is 317 g/mol. The number of hydrogen-bond acceptors (Lipinski definition) is 3. The first-order chi connectivity index (χ1) is 9.70. The number of amides is 1. The molecule has 118 valence electrons. The van der Waals surface area contributed by atoms with Crippen LogP contribution in [0.2, 0.25) is 0 Å². The number of rotatable bonds is 5. The van der Waals surface area contributed by atoms with E-state index in [-0.39, 0.29) is 36.7 Å². The van der Waals surface area contributed by atoms with E-state index in [1.807, 2.05) is 0 Å². The summed E-state index contributed by atoms with van der Waals surface area (Å²) in [6.45, 7) is 2.46.